The number of para-hydroxylation sites is 1. The SMILES string of the molecule is COC(=O)C1c2c(cnn2C(=O)Nc2ccccc2)C2CN1C(=O)N2OCc1ccccc1. The van der Waals surface area contributed by atoms with Crippen molar-refractivity contribution in [1.82, 2.24) is 19.7 Å². The molecular formula is C23H21N5O5. The van der Waals surface area contributed by atoms with Gasteiger partial charge >= 0.3 is 18.0 Å². The van der Waals surface area contributed by atoms with E-state index in [4.69, 9.17) is 9.57 Å². The highest BCUT2D eigenvalue weighted by Crippen LogP contribution is 2.44. The van der Waals surface area contributed by atoms with Gasteiger partial charge in [0.05, 0.1) is 25.5 Å². The molecule has 2 aromatic carbocycles. The van der Waals surface area contributed by atoms with Crippen LogP contribution in [-0.4, -0.2) is 51.4 Å². The number of ether oxygens (including phenoxy) is 1. The Balaban J connectivity index is 1.48. The number of hydrogen-bond donors (Lipinski definition) is 1. The molecule has 2 aliphatic heterocycles. The lowest BCUT2D eigenvalue weighted by atomic mass is 9.98. The van der Waals surface area contributed by atoms with Gasteiger partial charge in [-0.1, -0.05) is 48.5 Å². The molecule has 0 spiro atoms. The van der Waals surface area contributed by atoms with Gasteiger partial charge in [0, 0.05) is 11.3 Å². The largest absolute Gasteiger partial charge is 0.467 e. The average molecular weight is 447 g/mol. The zero-order chi connectivity index (χ0) is 22.9. The summed E-state index contributed by atoms with van der Waals surface area (Å²) in [5.41, 5.74) is 2.31. The number of fused-ring (bicyclic) bond motifs is 4. The molecule has 2 unspecified atom stereocenters. The van der Waals surface area contributed by atoms with Crippen LogP contribution in [-0.2, 0) is 21.0 Å². The molecule has 10 heteroatoms. The Bertz CT molecular complexity index is 1200. The van der Waals surface area contributed by atoms with E-state index in [9.17, 15) is 14.4 Å². The minimum atomic E-state index is -1.12. The fraction of sp³-hybridized carbons (Fsp3) is 0.217. The lowest BCUT2D eigenvalue weighted by Crippen LogP contribution is -2.41. The topological polar surface area (TPSA) is 106 Å². The lowest BCUT2D eigenvalue weighted by molar-refractivity contribution is -0.146. The molecule has 2 bridgehead atoms. The van der Waals surface area contributed by atoms with Crippen LogP contribution in [0.25, 0.3) is 0 Å². The summed E-state index contributed by atoms with van der Waals surface area (Å²) in [7, 11) is 1.24. The maximum absolute atomic E-state index is 13.2. The second kappa shape index (κ2) is 8.40. The summed E-state index contributed by atoms with van der Waals surface area (Å²) in [6.07, 6.45) is 1.50. The highest BCUT2D eigenvalue weighted by molar-refractivity contribution is 5.93. The van der Waals surface area contributed by atoms with E-state index in [1.807, 2.05) is 36.4 Å². The zero-order valence-electron chi connectivity index (χ0n) is 17.7. The summed E-state index contributed by atoms with van der Waals surface area (Å²) in [5.74, 6) is -0.665. The molecule has 33 heavy (non-hydrogen) atoms. The van der Waals surface area contributed by atoms with Crippen LogP contribution in [0.3, 0.4) is 0 Å². The van der Waals surface area contributed by atoms with Gasteiger partial charge in [-0.25, -0.2) is 14.4 Å². The third-order valence-electron chi connectivity index (χ3n) is 5.71. The van der Waals surface area contributed by atoms with Crippen molar-refractivity contribution in [2.24, 2.45) is 0 Å². The van der Waals surface area contributed by atoms with Crippen molar-refractivity contribution >= 4 is 23.7 Å². The molecular weight excluding hydrogens is 426 g/mol. The minimum Gasteiger partial charge on any atom is -0.467 e. The summed E-state index contributed by atoms with van der Waals surface area (Å²) in [6.45, 7) is 0.393. The summed E-state index contributed by atoms with van der Waals surface area (Å²) in [4.78, 5) is 46.1. The van der Waals surface area contributed by atoms with E-state index < -0.39 is 30.1 Å². The molecule has 5 rings (SSSR count). The number of nitrogens with zero attached hydrogens (tertiary/aromatic N) is 4. The molecule has 3 amide bonds. The molecule has 1 fully saturated rings. The predicted molar refractivity (Wildman–Crippen MR) is 116 cm³/mol. The fourth-order valence-corrected chi connectivity index (χ4v) is 4.16. The number of anilines is 1. The number of hydrogen-bond acceptors (Lipinski definition) is 6. The number of carbonyl (C=O) groups is 3. The maximum Gasteiger partial charge on any atom is 0.346 e. The standard InChI is InChI=1S/C23H21N5O5/c1-32-21(29)20-19-17(12-24-27(19)22(30)25-16-10-6-3-7-11-16)18-13-26(20)23(31)28(18)33-14-15-8-4-2-5-9-15/h2-12,18,20H,13-14H2,1H3,(H,25,30). The van der Waals surface area contributed by atoms with E-state index in [0.717, 1.165) is 10.2 Å². The van der Waals surface area contributed by atoms with Crippen LogP contribution in [0.15, 0.2) is 66.9 Å². The molecule has 2 aliphatic rings. The lowest BCUT2D eigenvalue weighted by Gasteiger charge is -2.29. The number of carbonyl (C=O) groups excluding carboxylic acids is 3. The van der Waals surface area contributed by atoms with Crippen molar-refractivity contribution in [3.8, 4) is 0 Å². The number of aromatic nitrogens is 2. The van der Waals surface area contributed by atoms with E-state index in [1.165, 1.54) is 23.3 Å². The highest BCUT2D eigenvalue weighted by Gasteiger charge is 2.54. The van der Waals surface area contributed by atoms with Crippen molar-refractivity contribution in [2.45, 2.75) is 18.7 Å². The smallest absolute Gasteiger partial charge is 0.346 e. The predicted octanol–water partition coefficient (Wildman–Crippen LogP) is 3.10. The van der Waals surface area contributed by atoms with Crippen molar-refractivity contribution in [3.63, 3.8) is 0 Å². The van der Waals surface area contributed by atoms with Gasteiger partial charge in [0.15, 0.2) is 6.04 Å². The Morgan fingerprint density at radius 2 is 1.79 bits per heavy atom. The molecule has 10 nitrogen and oxygen atoms in total. The summed E-state index contributed by atoms with van der Waals surface area (Å²) in [5, 5.41) is 8.23. The van der Waals surface area contributed by atoms with E-state index in [2.05, 4.69) is 10.4 Å². The normalized spacial score (nSPS) is 18.8. The van der Waals surface area contributed by atoms with E-state index in [0.29, 0.717) is 11.3 Å². The minimum absolute atomic E-state index is 0.178. The number of hydroxylamine groups is 2. The van der Waals surface area contributed by atoms with Crippen LogP contribution >= 0.6 is 0 Å². The van der Waals surface area contributed by atoms with Crippen molar-refractivity contribution in [2.75, 3.05) is 19.0 Å². The van der Waals surface area contributed by atoms with Gasteiger partial charge in [-0.05, 0) is 17.7 Å². The molecule has 2 atom stereocenters. The third-order valence-corrected chi connectivity index (χ3v) is 5.71. The summed E-state index contributed by atoms with van der Waals surface area (Å²) >= 11 is 0. The van der Waals surface area contributed by atoms with Gasteiger partial charge in [0.2, 0.25) is 0 Å². The summed E-state index contributed by atoms with van der Waals surface area (Å²) < 4.78 is 6.08. The fourth-order valence-electron chi connectivity index (χ4n) is 4.16. The first-order valence-electron chi connectivity index (χ1n) is 10.4. The molecule has 1 aromatic heterocycles. The first-order valence-corrected chi connectivity index (χ1v) is 10.4. The van der Waals surface area contributed by atoms with Gasteiger partial charge in [-0.2, -0.15) is 14.8 Å². The number of esters is 1. The first kappa shape index (κ1) is 20.7. The molecule has 168 valence electrons. The number of benzene rings is 2. The van der Waals surface area contributed by atoms with E-state index in [-0.39, 0.29) is 18.8 Å². The quantitative estimate of drug-likeness (QED) is 0.603. The van der Waals surface area contributed by atoms with Crippen molar-refractivity contribution < 1.29 is 24.0 Å². The second-order valence-electron chi connectivity index (χ2n) is 7.65. The van der Waals surface area contributed by atoms with Gasteiger partial charge in [-0.15, -0.1) is 0 Å². The zero-order valence-corrected chi connectivity index (χ0v) is 17.7. The van der Waals surface area contributed by atoms with E-state index >= 15 is 0 Å². The average Bonchev–Trinajstić information content (AvgIpc) is 3.40. The molecule has 1 saturated heterocycles. The van der Waals surface area contributed by atoms with Crippen LogP contribution in [0.5, 0.6) is 0 Å². The second-order valence-corrected chi connectivity index (χ2v) is 7.65. The Morgan fingerprint density at radius 1 is 1.09 bits per heavy atom. The monoisotopic (exact) mass is 447 g/mol. The number of rotatable bonds is 5. The van der Waals surface area contributed by atoms with Crippen molar-refractivity contribution in [3.05, 3.63) is 83.7 Å². The molecule has 1 N–H and O–H groups in total. The third kappa shape index (κ3) is 3.60. The van der Waals surface area contributed by atoms with Gasteiger partial charge in [0.1, 0.15) is 12.6 Å². The number of nitrogens with one attached hydrogen (secondary N) is 1. The van der Waals surface area contributed by atoms with Gasteiger partial charge < -0.3 is 15.0 Å². The molecule has 3 heterocycles. The van der Waals surface area contributed by atoms with Crippen LogP contribution < -0.4 is 5.32 Å². The van der Waals surface area contributed by atoms with Gasteiger partial charge in [0.25, 0.3) is 0 Å². The van der Waals surface area contributed by atoms with E-state index in [1.54, 1.807) is 24.3 Å². The van der Waals surface area contributed by atoms with Crippen molar-refractivity contribution in [1.29, 1.82) is 0 Å². The Labute approximate surface area is 189 Å². The maximum atomic E-state index is 13.2. The van der Waals surface area contributed by atoms with Crippen LogP contribution in [0.1, 0.15) is 28.9 Å². The molecule has 0 radical (unpaired) electrons. The molecule has 0 aliphatic carbocycles. The number of methoxy groups -OCH3 is 1. The Kier molecular flexibility index (Phi) is 5.27. The molecule has 3 aromatic rings. The highest BCUT2D eigenvalue weighted by atomic mass is 16.7. The Hall–Kier alpha value is -4.18. The summed E-state index contributed by atoms with van der Waals surface area (Å²) in [6, 6.07) is 15.7. The molecule has 0 saturated carbocycles. The van der Waals surface area contributed by atoms with Crippen LogP contribution in [0.4, 0.5) is 15.3 Å². The number of amides is 3. The Morgan fingerprint density at radius 3 is 2.48 bits per heavy atom. The van der Waals surface area contributed by atoms with Crippen LogP contribution in [0, 0.1) is 0 Å². The first-order chi connectivity index (χ1) is 16.1. The number of urea groups is 1. The van der Waals surface area contributed by atoms with Crippen LogP contribution in [0.2, 0.25) is 0 Å². The van der Waals surface area contributed by atoms with Gasteiger partial charge in [-0.3, -0.25) is 4.84 Å².